The molecule has 3 nitrogen and oxygen atoms in total. The molecule has 2 rings (SSSR count). The average molecular weight is 286 g/mol. The molecule has 1 aromatic carbocycles. The van der Waals surface area contributed by atoms with E-state index in [1.165, 1.54) is 22.3 Å². The maximum absolute atomic E-state index is 10.7. The zero-order chi connectivity index (χ0) is 15.6. The Morgan fingerprint density at radius 1 is 1.10 bits per heavy atom. The van der Waals surface area contributed by atoms with Crippen LogP contribution in [0.4, 0.5) is 0 Å². The molecule has 0 amide bonds. The molecule has 0 aliphatic heterocycles. The van der Waals surface area contributed by atoms with E-state index in [2.05, 4.69) is 51.9 Å². The van der Waals surface area contributed by atoms with Gasteiger partial charge in [-0.15, -0.1) is 0 Å². The summed E-state index contributed by atoms with van der Waals surface area (Å²) in [6, 6.07) is 6.40. The smallest absolute Gasteiger partial charge is 0.0997 e. The van der Waals surface area contributed by atoms with Gasteiger partial charge in [0.25, 0.3) is 0 Å². The highest BCUT2D eigenvalue weighted by atomic mass is 16.3. The SMILES string of the molecule is CCc1cc(C(O)Cc2c(C)cc(C)cc2C)n(CC)n1. The van der Waals surface area contributed by atoms with Crippen molar-refractivity contribution in [2.24, 2.45) is 0 Å². The number of aromatic nitrogens is 2. The molecule has 3 heteroatoms. The summed E-state index contributed by atoms with van der Waals surface area (Å²) in [5.41, 5.74) is 7.00. The van der Waals surface area contributed by atoms with Gasteiger partial charge in [-0.05, 0) is 56.9 Å². The number of nitrogens with zero attached hydrogens (tertiary/aromatic N) is 2. The van der Waals surface area contributed by atoms with Crippen LogP contribution in [0.15, 0.2) is 18.2 Å². The maximum atomic E-state index is 10.7. The standard InChI is InChI=1S/C18H26N2O/c1-6-15-10-17(20(7-2)19-15)18(21)11-16-13(4)8-12(3)9-14(16)5/h8-10,18,21H,6-7,11H2,1-5H3. The van der Waals surface area contributed by atoms with E-state index in [0.717, 1.165) is 24.4 Å². The Kier molecular flexibility index (Phi) is 4.84. The third-order valence-electron chi connectivity index (χ3n) is 4.10. The van der Waals surface area contributed by atoms with Crippen LogP contribution < -0.4 is 0 Å². The Balaban J connectivity index is 2.30. The van der Waals surface area contributed by atoms with Gasteiger partial charge in [-0.1, -0.05) is 24.6 Å². The van der Waals surface area contributed by atoms with Gasteiger partial charge in [0.2, 0.25) is 0 Å². The molecule has 1 aromatic heterocycles. The Labute approximate surface area is 127 Å². The first-order chi connectivity index (χ1) is 9.96. The Morgan fingerprint density at radius 2 is 1.71 bits per heavy atom. The predicted octanol–water partition coefficient (Wildman–Crippen LogP) is 3.67. The second kappa shape index (κ2) is 6.44. The van der Waals surface area contributed by atoms with E-state index < -0.39 is 6.10 Å². The van der Waals surface area contributed by atoms with Gasteiger partial charge in [-0.25, -0.2) is 0 Å². The van der Waals surface area contributed by atoms with Gasteiger partial charge in [-0.2, -0.15) is 5.10 Å². The second-order valence-electron chi connectivity index (χ2n) is 5.83. The molecule has 114 valence electrons. The van der Waals surface area contributed by atoms with E-state index in [1.54, 1.807) is 0 Å². The first-order valence-electron chi connectivity index (χ1n) is 7.77. The van der Waals surface area contributed by atoms with Crippen LogP contribution in [0.3, 0.4) is 0 Å². The lowest BCUT2D eigenvalue weighted by Crippen LogP contribution is -2.11. The van der Waals surface area contributed by atoms with E-state index in [1.807, 2.05) is 10.7 Å². The molecule has 2 aromatic rings. The Hall–Kier alpha value is -1.61. The average Bonchev–Trinajstić information content (AvgIpc) is 2.86. The zero-order valence-corrected chi connectivity index (χ0v) is 13.8. The van der Waals surface area contributed by atoms with E-state index in [4.69, 9.17) is 0 Å². The molecule has 21 heavy (non-hydrogen) atoms. The van der Waals surface area contributed by atoms with E-state index in [9.17, 15) is 5.11 Å². The summed E-state index contributed by atoms with van der Waals surface area (Å²) < 4.78 is 1.92. The highest BCUT2D eigenvalue weighted by molar-refractivity contribution is 5.38. The lowest BCUT2D eigenvalue weighted by Gasteiger charge is -2.16. The fourth-order valence-corrected chi connectivity index (χ4v) is 3.01. The number of hydrogen-bond acceptors (Lipinski definition) is 2. The van der Waals surface area contributed by atoms with E-state index >= 15 is 0 Å². The molecule has 0 saturated heterocycles. The van der Waals surface area contributed by atoms with Gasteiger partial charge < -0.3 is 5.11 Å². The van der Waals surface area contributed by atoms with Crippen molar-refractivity contribution in [2.45, 2.75) is 60.1 Å². The van der Waals surface area contributed by atoms with Crippen LogP contribution in [0.5, 0.6) is 0 Å². The molecule has 1 unspecified atom stereocenters. The van der Waals surface area contributed by atoms with Crippen LogP contribution in [0.2, 0.25) is 0 Å². The fraction of sp³-hybridized carbons (Fsp3) is 0.500. The number of rotatable bonds is 5. The van der Waals surface area contributed by atoms with Crippen LogP contribution in [-0.2, 0) is 19.4 Å². The third kappa shape index (κ3) is 3.35. The van der Waals surface area contributed by atoms with Crippen LogP contribution in [0.25, 0.3) is 0 Å². The number of hydrogen-bond donors (Lipinski definition) is 1. The van der Waals surface area contributed by atoms with E-state index in [-0.39, 0.29) is 0 Å². The minimum atomic E-state index is -0.502. The molecule has 0 radical (unpaired) electrons. The van der Waals surface area contributed by atoms with E-state index in [0.29, 0.717) is 6.42 Å². The van der Waals surface area contributed by atoms with Gasteiger partial charge in [0, 0.05) is 13.0 Å². The van der Waals surface area contributed by atoms with Crippen molar-refractivity contribution in [3.05, 3.63) is 51.8 Å². The summed E-state index contributed by atoms with van der Waals surface area (Å²) in [4.78, 5) is 0. The van der Waals surface area contributed by atoms with Crippen LogP contribution in [-0.4, -0.2) is 14.9 Å². The summed E-state index contributed by atoms with van der Waals surface area (Å²) in [7, 11) is 0. The van der Waals surface area contributed by atoms with Crippen molar-refractivity contribution >= 4 is 0 Å². The van der Waals surface area contributed by atoms with Crippen molar-refractivity contribution in [3.63, 3.8) is 0 Å². The summed E-state index contributed by atoms with van der Waals surface area (Å²) in [6.07, 6.45) is 1.04. The van der Waals surface area contributed by atoms with Gasteiger partial charge in [0.1, 0.15) is 0 Å². The number of benzene rings is 1. The van der Waals surface area contributed by atoms with Crippen molar-refractivity contribution in [1.82, 2.24) is 9.78 Å². The first-order valence-corrected chi connectivity index (χ1v) is 7.77. The topological polar surface area (TPSA) is 38.0 Å². The molecule has 0 spiro atoms. The molecule has 0 aliphatic carbocycles. The number of aliphatic hydroxyl groups is 1. The first kappa shape index (κ1) is 15.8. The van der Waals surface area contributed by atoms with Crippen molar-refractivity contribution in [3.8, 4) is 0 Å². The highest BCUT2D eigenvalue weighted by Crippen LogP contribution is 2.25. The van der Waals surface area contributed by atoms with Gasteiger partial charge in [0.15, 0.2) is 0 Å². The van der Waals surface area contributed by atoms with Crippen molar-refractivity contribution in [1.29, 1.82) is 0 Å². The van der Waals surface area contributed by atoms with Crippen LogP contribution >= 0.6 is 0 Å². The van der Waals surface area contributed by atoms with Crippen LogP contribution in [0.1, 0.15) is 53.6 Å². The van der Waals surface area contributed by atoms with Crippen molar-refractivity contribution < 1.29 is 5.11 Å². The molecule has 0 aliphatic rings. The quantitative estimate of drug-likeness (QED) is 0.910. The number of aryl methyl sites for hydroxylation is 5. The predicted molar refractivity (Wildman–Crippen MR) is 86.6 cm³/mol. The Morgan fingerprint density at radius 3 is 2.24 bits per heavy atom. The summed E-state index contributed by atoms with van der Waals surface area (Å²) in [5, 5.41) is 15.2. The summed E-state index contributed by atoms with van der Waals surface area (Å²) >= 11 is 0. The van der Waals surface area contributed by atoms with Crippen molar-refractivity contribution in [2.75, 3.05) is 0 Å². The molecule has 1 N–H and O–H groups in total. The molecule has 1 atom stereocenters. The summed E-state index contributed by atoms with van der Waals surface area (Å²) in [5.74, 6) is 0. The lowest BCUT2D eigenvalue weighted by atomic mass is 9.94. The van der Waals surface area contributed by atoms with Gasteiger partial charge in [0.05, 0.1) is 17.5 Å². The monoisotopic (exact) mass is 286 g/mol. The molecule has 1 heterocycles. The van der Waals surface area contributed by atoms with Crippen LogP contribution in [0, 0.1) is 20.8 Å². The third-order valence-corrected chi connectivity index (χ3v) is 4.10. The zero-order valence-electron chi connectivity index (χ0n) is 13.8. The molecule has 0 saturated carbocycles. The lowest BCUT2D eigenvalue weighted by molar-refractivity contribution is 0.166. The molecule has 0 bridgehead atoms. The van der Waals surface area contributed by atoms with Gasteiger partial charge in [-0.3, -0.25) is 4.68 Å². The number of aliphatic hydroxyl groups excluding tert-OH is 1. The molecular formula is C18H26N2O. The minimum absolute atomic E-state index is 0.502. The molecule has 0 fully saturated rings. The highest BCUT2D eigenvalue weighted by Gasteiger charge is 2.17. The second-order valence-corrected chi connectivity index (χ2v) is 5.83. The summed E-state index contributed by atoms with van der Waals surface area (Å²) in [6.45, 7) is 11.3. The van der Waals surface area contributed by atoms with Gasteiger partial charge >= 0.3 is 0 Å². The minimum Gasteiger partial charge on any atom is -0.386 e. The normalized spacial score (nSPS) is 12.7. The molecular weight excluding hydrogens is 260 g/mol. The Bertz CT molecular complexity index is 605. The fourth-order valence-electron chi connectivity index (χ4n) is 3.01. The largest absolute Gasteiger partial charge is 0.386 e. The maximum Gasteiger partial charge on any atom is 0.0997 e.